The molecule has 6 heteroatoms. The Morgan fingerprint density at radius 3 is 2.85 bits per heavy atom. The molecule has 0 unspecified atom stereocenters. The number of nitrogens with one attached hydrogen (secondary N) is 2. The van der Waals surface area contributed by atoms with Crippen molar-refractivity contribution in [2.45, 2.75) is 51.0 Å². The highest BCUT2D eigenvalue weighted by Gasteiger charge is 2.30. The molecule has 0 bridgehead atoms. The molecule has 0 spiro atoms. The van der Waals surface area contributed by atoms with Crippen molar-refractivity contribution in [3.63, 3.8) is 0 Å². The Balaban J connectivity index is 1.31. The lowest BCUT2D eigenvalue weighted by Gasteiger charge is -2.36. The molecule has 1 aromatic heterocycles. The van der Waals surface area contributed by atoms with Crippen LogP contribution in [0, 0.1) is 5.92 Å². The van der Waals surface area contributed by atoms with Crippen molar-refractivity contribution in [3.05, 3.63) is 40.4 Å². The van der Waals surface area contributed by atoms with Gasteiger partial charge in [0.2, 0.25) is 5.91 Å². The Morgan fingerprint density at radius 2 is 2.00 bits per heavy atom. The van der Waals surface area contributed by atoms with Crippen molar-refractivity contribution in [1.82, 2.24) is 20.2 Å². The van der Waals surface area contributed by atoms with E-state index >= 15 is 0 Å². The summed E-state index contributed by atoms with van der Waals surface area (Å²) in [5.41, 5.74) is 0.573. The summed E-state index contributed by atoms with van der Waals surface area (Å²) in [6.45, 7) is 2.53. The summed E-state index contributed by atoms with van der Waals surface area (Å²) in [6, 6.07) is 8.00. The van der Waals surface area contributed by atoms with Crippen LogP contribution < -0.4 is 10.9 Å². The molecule has 0 radical (unpaired) electrons. The minimum Gasteiger partial charge on any atom is -0.355 e. The molecule has 27 heavy (non-hydrogen) atoms. The molecule has 2 N–H and O–H groups in total. The zero-order valence-corrected chi connectivity index (χ0v) is 15.7. The first-order valence-corrected chi connectivity index (χ1v) is 10.2. The Morgan fingerprint density at radius 1 is 1.19 bits per heavy atom. The summed E-state index contributed by atoms with van der Waals surface area (Å²) < 4.78 is 0. The molecule has 4 rings (SSSR count). The summed E-state index contributed by atoms with van der Waals surface area (Å²) in [5.74, 6) is 0.846. The van der Waals surface area contributed by atoms with Gasteiger partial charge in [0.1, 0.15) is 5.82 Å². The van der Waals surface area contributed by atoms with Gasteiger partial charge in [0.25, 0.3) is 5.56 Å². The van der Waals surface area contributed by atoms with Gasteiger partial charge < -0.3 is 10.3 Å². The summed E-state index contributed by atoms with van der Waals surface area (Å²) in [5, 5.41) is 3.65. The molecule has 2 aliphatic rings. The molecule has 144 valence electrons. The van der Waals surface area contributed by atoms with Crippen LogP contribution in [0.25, 0.3) is 10.9 Å². The third-order valence-corrected chi connectivity index (χ3v) is 5.99. The Hall–Kier alpha value is -2.21. The van der Waals surface area contributed by atoms with Crippen LogP contribution in [0.1, 0.15) is 44.3 Å². The number of H-pyrrole nitrogens is 1. The normalized spacial score (nSPS) is 21.6. The van der Waals surface area contributed by atoms with Gasteiger partial charge in [-0.3, -0.25) is 14.5 Å². The quantitative estimate of drug-likeness (QED) is 0.848. The predicted molar refractivity (Wildman–Crippen MR) is 106 cm³/mol. The van der Waals surface area contributed by atoms with E-state index in [1.54, 1.807) is 6.07 Å². The van der Waals surface area contributed by atoms with Gasteiger partial charge in [-0.2, -0.15) is 0 Å². The molecule has 1 aromatic carbocycles. The van der Waals surface area contributed by atoms with Crippen molar-refractivity contribution in [2.75, 3.05) is 19.6 Å². The minimum absolute atomic E-state index is 0.0861. The van der Waals surface area contributed by atoms with Crippen molar-refractivity contribution in [3.8, 4) is 0 Å². The molecular weight excluding hydrogens is 340 g/mol. The number of likely N-dealkylation sites (tertiary alicyclic amines) is 1. The maximum absolute atomic E-state index is 12.6. The third kappa shape index (κ3) is 4.21. The van der Waals surface area contributed by atoms with E-state index < -0.39 is 0 Å². The molecular formula is C21H28N4O2. The van der Waals surface area contributed by atoms with Gasteiger partial charge in [0.15, 0.2) is 0 Å². The van der Waals surface area contributed by atoms with Crippen LogP contribution in [-0.4, -0.2) is 46.5 Å². The number of para-hydroxylation sites is 1. The van der Waals surface area contributed by atoms with Gasteiger partial charge in [0.05, 0.1) is 16.8 Å². The largest absolute Gasteiger partial charge is 0.355 e. The number of piperidine rings is 1. The van der Waals surface area contributed by atoms with Gasteiger partial charge in [-0.1, -0.05) is 25.0 Å². The number of hydrogen-bond acceptors (Lipinski definition) is 4. The first-order chi connectivity index (χ1) is 13.2. The fraction of sp³-hybridized carbons (Fsp3) is 0.571. The zero-order valence-electron chi connectivity index (χ0n) is 15.7. The standard InChI is InChI=1S/C21H28N4O2/c26-20(15-6-5-13-25(14-15)16-7-1-2-8-16)22-12-11-19-23-18-10-4-3-9-17(18)21(27)24-19/h3-4,9-10,15-16H,1-2,5-8,11-14H2,(H,22,26)(H,23,24,27)/t15-/m0/s1. The number of carbonyl (C=O) groups excluding carboxylic acids is 1. The first-order valence-electron chi connectivity index (χ1n) is 10.2. The molecule has 1 amide bonds. The molecule has 6 nitrogen and oxygen atoms in total. The van der Waals surface area contributed by atoms with Crippen molar-refractivity contribution >= 4 is 16.8 Å². The second kappa shape index (κ2) is 8.21. The number of rotatable bonds is 5. The van der Waals surface area contributed by atoms with Gasteiger partial charge in [-0.05, 0) is 44.4 Å². The SMILES string of the molecule is O=C(NCCc1nc2ccccc2c(=O)[nH]1)[C@H]1CCCN(C2CCCC2)C1. The summed E-state index contributed by atoms with van der Waals surface area (Å²) >= 11 is 0. The average molecular weight is 368 g/mol. The number of nitrogens with zero attached hydrogens (tertiary/aromatic N) is 2. The average Bonchev–Trinajstić information content (AvgIpc) is 3.23. The monoisotopic (exact) mass is 368 g/mol. The highest BCUT2D eigenvalue weighted by Crippen LogP contribution is 2.27. The van der Waals surface area contributed by atoms with Gasteiger partial charge in [-0.25, -0.2) is 4.98 Å². The molecule has 1 saturated carbocycles. The fourth-order valence-electron chi connectivity index (χ4n) is 4.52. The Bertz CT molecular complexity index is 857. The van der Waals surface area contributed by atoms with E-state index in [2.05, 4.69) is 20.2 Å². The first kappa shape index (κ1) is 18.2. The van der Waals surface area contributed by atoms with Crippen molar-refractivity contribution in [1.29, 1.82) is 0 Å². The number of fused-ring (bicyclic) bond motifs is 1. The number of aromatic nitrogens is 2. The van der Waals surface area contributed by atoms with Crippen molar-refractivity contribution in [2.24, 2.45) is 5.92 Å². The molecule has 2 fully saturated rings. The van der Waals surface area contributed by atoms with Crippen LogP contribution in [0.5, 0.6) is 0 Å². The molecule has 1 saturated heterocycles. The molecule has 1 aliphatic heterocycles. The van der Waals surface area contributed by atoms with Gasteiger partial charge in [0, 0.05) is 25.6 Å². The Kier molecular flexibility index (Phi) is 5.53. The predicted octanol–water partition coefficient (Wildman–Crippen LogP) is 2.24. The number of carbonyl (C=O) groups is 1. The highest BCUT2D eigenvalue weighted by atomic mass is 16.2. The molecule has 2 aromatic rings. The van der Waals surface area contributed by atoms with Crippen LogP contribution in [0.2, 0.25) is 0 Å². The van der Waals surface area contributed by atoms with E-state index in [0.29, 0.717) is 35.7 Å². The maximum atomic E-state index is 12.6. The topological polar surface area (TPSA) is 78.1 Å². The molecule has 1 aliphatic carbocycles. The van der Waals surface area contributed by atoms with E-state index in [1.165, 1.54) is 25.7 Å². The second-order valence-corrected chi connectivity index (χ2v) is 7.84. The lowest BCUT2D eigenvalue weighted by Crippen LogP contribution is -2.46. The smallest absolute Gasteiger partial charge is 0.258 e. The summed E-state index contributed by atoms with van der Waals surface area (Å²) in [7, 11) is 0. The van der Waals surface area contributed by atoms with Crippen LogP contribution in [0.3, 0.4) is 0 Å². The van der Waals surface area contributed by atoms with E-state index in [9.17, 15) is 9.59 Å². The van der Waals surface area contributed by atoms with Crippen LogP contribution >= 0.6 is 0 Å². The minimum atomic E-state index is -0.124. The third-order valence-electron chi connectivity index (χ3n) is 5.99. The fourth-order valence-corrected chi connectivity index (χ4v) is 4.52. The van der Waals surface area contributed by atoms with Crippen molar-refractivity contribution < 1.29 is 4.79 Å². The van der Waals surface area contributed by atoms with E-state index in [0.717, 1.165) is 25.9 Å². The molecule has 2 heterocycles. The maximum Gasteiger partial charge on any atom is 0.258 e. The number of hydrogen-bond donors (Lipinski definition) is 2. The number of benzene rings is 1. The van der Waals surface area contributed by atoms with Crippen LogP contribution in [0.4, 0.5) is 0 Å². The lowest BCUT2D eigenvalue weighted by molar-refractivity contribution is -0.127. The van der Waals surface area contributed by atoms with E-state index in [4.69, 9.17) is 0 Å². The summed E-state index contributed by atoms with van der Waals surface area (Å²) in [4.78, 5) is 34.6. The Labute approximate surface area is 159 Å². The molecule has 1 atom stereocenters. The number of aromatic amines is 1. The second-order valence-electron chi connectivity index (χ2n) is 7.84. The zero-order chi connectivity index (χ0) is 18.6. The summed E-state index contributed by atoms with van der Waals surface area (Å²) in [6.07, 6.45) is 7.84. The van der Waals surface area contributed by atoms with Crippen LogP contribution in [0.15, 0.2) is 29.1 Å². The van der Waals surface area contributed by atoms with Gasteiger partial charge >= 0.3 is 0 Å². The van der Waals surface area contributed by atoms with Gasteiger partial charge in [-0.15, -0.1) is 0 Å². The van der Waals surface area contributed by atoms with E-state index in [-0.39, 0.29) is 17.4 Å². The van der Waals surface area contributed by atoms with E-state index in [1.807, 2.05) is 18.2 Å². The lowest BCUT2D eigenvalue weighted by atomic mass is 9.95. The number of amides is 1. The highest BCUT2D eigenvalue weighted by molar-refractivity contribution is 5.79. The van der Waals surface area contributed by atoms with Crippen LogP contribution in [-0.2, 0) is 11.2 Å².